The van der Waals surface area contributed by atoms with Gasteiger partial charge in [-0.1, -0.05) is 97.1 Å². The molecule has 0 bridgehead atoms. The second-order valence-corrected chi connectivity index (χ2v) is 9.55. The quantitative estimate of drug-likeness (QED) is 0.258. The third-order valence-electron chi connectivity index (χ3n) is 6.79. The van der Waals surface area contributed by atoms with Gasteiger partial charge in [0.2, 0.25) is 0 Å². The largest absolute Gasteiger partial charge is 0.354 e. The van der Waals surface area contributed by atoms with Crippen molar-refractivity contribution in [2.75, 3.05) is 0 Å². The molecule has 1 N–H and O–H groups in total. The van der Waals surface area contributed by atoms with Crippen LogP contribution < -0.4 is 0 Å². The minimum atomic E-state index is 0.750. The molecule has 2 aromatic carbocycles. The summed E-state index contributed by atoms with van der Waals surface area (Å²) in [6, 6.07) is 21.7. The number of nitrogens with zero attached hydrogens (tertiary/aromatic N) is 2. The molecule has 0 saturated heterocycles. The smallest absolute Gasteiger partial charge is 0.0535 e. The number of H-pyrrole nitrogens is 1. The van der Waals surface area contributed by atoms with E-state index in [1.165, 1.54) is 51.1 Å². The van der Waals surface area contributed by atoms with Gasteiger partial charge in [-0.25, -0.2) is 0 Å². The van der Waals surface area contributed by atoms with Gasteiger partial charge in [0.1, 0.15) is 0 Å². The van der Waals surface area contributed by atoms with Gasteiger partial charge in [-0.05, 0) is 66.5 Å². The van der Waals surface area contributed by atoms with E-state index in [1.54, 1.807) is 0 Å². The van der Waals surface area contributed by atoms with Crippen LogP contribution in [0.1, 0.15) is 55.1 Å². The number of aromatic nitrogens is 1. The number of allylic oxidation sites excluding steroid dienone is 10. The molecule has 5 rings (SSSR count). The summed E-state index contributed by atoms with van der Waals surface area (Å²) in [6.07, 6.45) is 21.0. The molecule has 0 aliphatic heterocycles. The zero-order chi connectivity index (χ0) is 25.5. The second-order valence-electron chi connectivity index (χ2n) is 9.55. The van der Waals surface area contributed by atoms with Crippen LogP contribution >= 0.6 is 0 Å². The highest BCUT2D eigenvalue weighted by molar-refractivity contribution is 6.01. The van der Waals surface area contributed by atoms with Crippen LogP contribution in [0, 0.1) is 0 Å². The summed E-state index contributed by atoms with van der Waals surface area (Å²) < 4.78 is 0. The van der Waals surface area contributed by atoms with Gasteiger partial charge < -0.3 is 4.98 Å². The molecule has 37 heavy (non-hydrogen) atoms. The molecule has 2 aliphatic rings. The molecule has 3 heteroatoms. The number of rotatable bonds is 7. The van der Waals surface area contributed by atoms with Crippen molar-refractivity contribution < 1.29 is 0 Å². The Labute approximate surface area is 220 Å². The molecule has 3 nitrogen and oxygen atoms in total. The van der Waals surface area contributed by atoms with Crippen molar-refractivity contribution in [3.05, 3.63) is 126 Å². The molecule has 184 valence electrons. The fourth-order valence-electron chi connectivity index (χ4n) is 5.05. The van der Waals surface area contributed by atoms with Gasteiger partial charge in [-0.2, -0.15) is 10.2 Å². The van der Waals surface area contributed by atoms with Crippen molar-refractivity contribution in [3.8, 4) is 11.1 Å². The summed E-state index contributed by atoms with van der Waals surface area (Å²) in [5.74, 6) is 0. The zero-order valence-corrected chi connectivity index (χ0v) is 21.5. The van der Waals surface area contributed by atoms with E-state index in [2.05, 4.69) is 125 Å². The van der Waals surface area contributed by atoms with Crippen LogP contribution in [0.2, 0.25) is 0 Å². The van der Waals surface area contributed by atoms with Crippen molar-refractivity contribution in [1.29, 1.82) is 0 Å². The van der Waals surface area contributed by atoms with Crippen molar-refractivity contribution in [1.82, 2.24) is 4.98 Å². The highest BCUT2D eigenvalue weighted by Gasteiger charge is 2.18. The number of nitrogens with one attached hydrogen (secondary N) is 1. The Balaban J connectivity index is 1.65. The minimum Gasteiger partial charge on any atom is -0.354 e. The predicted octanol–water partition coefficient (Wildman–Crippen LogP) is 8.85. The van der Waals surface area contributed by atoms with Crippen LogP contribution in [-0.4, -0.2) is 17.4 Å². The van der Waals surface area contributed by atoms with Crippen molar-refractivity contribution in [3.63, 3.8) is 0 Å². The molecule has 3 aromatic rings. The first-order valence-corrected chi connectivity index (χ1v) is 13.0. The summed E-state index contributed by atoms with van der Waals surface area (Å²) in [6.45, 7) is 5.47. The Morgan fingerprint density at radius 3 is 2.51 bits per heavy atom. The monoisotopic (exact) mass is 483 g/mol. The standard InChI is InChI=1S/C34H33N3/c1-25(37-35-2)22-26-14-13-19-29(23-26)30-20-11-6-12-21-31(30)33-24-32(27-15-9-5-10-16-27)34(36-33)28-17-7-3-4-8-18-28/h5,7,9-21,23-24,36H,2-4,6,8,22H2,1H3/b37-25+. The van der Waals surface area contributed by atoms with Gasteiger partial charge in [0.15, 0.2) is 0 Å². The van der Waals surface area contributed by atoms with E-state index >= 15 is 0 Å². The van der Waals surface area contributed by atoms with Gasteiger partial charge in [0, 0.05) is 35.7 Å². The van der Waals surface area contributed by atoms with E-state index in [0.717, 1.165) is 37.1 Å². The normalized spacial score (nSPS) is 15.9. The molecule has 0 saturated carbocycles. The van der Waals surface area contributed by atoms with Crippen LogP contribution in [-0.2, 0) is 6.42 Å². The summed E-state index contributed by atoms with van der Waals surface area (Å²) >= 11 is 0. The first-order valence-electron chi connectivity index (χ1n) is 13.0. The molecule has 0 fully saturated rings. The van der Waals surface area contributed by atoms with Crippen LogP contribution in [0.15, 0.2) is 113 Å². The third kappa shape index (κ3) is 5.78. The maximum Gasteiger partial charge on any atom is 0.0535 e. The molecule has 0 radical (unpaired) electrons. The number of aromatic amines is 1. The number of benzene rings is 2. The highest BCUT2D eigenvalue weighted by atomic mass is 15.2. The van der Waals surface area contributed by atoms with E-state index < -0.39 is 0 Å². The number of hydrogen-bond acceptors (Lipinski definition) is 2. The molecule has 2 aliphatic carbocycles. The average molecular weight is 484 g/mol. The maximum atomic E-state index is 4.11. The topological polar surface area (TPSA) is 40.5 Å². The lowest BCUT2D eigenvalue weighted by atomic mass is 9.94. The van der Waals surface area contributed by atoms with Crippen molar-refractivity contribution in [2.45, 2.75) is 39.0 Å². The van der Waals surface area contributed by atoms with Crippen molar-refractivity contribution >= 4 is 29.1 Å². The summed E-state index contributed by atoms with van der Waals surface area (Å²) in [5.41, 5.74) is 11.8. The molecule has 1 aromatic heterocycles. The Bertz CT molecular complexity index is 1460. The van der Waals surface area contributed by atoms with Gasteiger partial charge in [0.05, 0.1) is 5.69 Å². The minimum absolute atomic E-state index is 0.750. The molecule has 1 heterocycles. The lowest BCUT2D eigenvalue weighted by molar-refractivity contribution is 0.876. The Morgan fingerprint density at radius 1 is 0.865 bits per heavy atom. The lowest BCUT2D eigenvalue weighted by Gasteiger charge is -2.11. The molecular weight excluding hydrogens is 450 g/mol. The van der Waals surface area contributed by atoms with E-state index in [9.17, 15) is 0 Å². The summed E-state index contributed by atoms with van der Waals surface area (Å²) in [4.78, 5) is 3.84. The van der Waals surface area contributed by atoms with Crippen LogP contribution in [0.3, 0.4) is 0 Å². The molecule has 0 atom stereocenters. The van der Waals surface area contributed by atoms with E-state index in [-0.39, 0.29) is 0 Å². The van der Waals surface area contributed by atoms with E-state index in [0.29, 0.717) is 0 Å². The molecule has 0 amide bonds. The first kappa shape index (κ1) is 24.5. The van der Waals surface area contributed by atoms with Crippen LogP contribution in [0.4, 0.5) is 0 Å². The Hall–Kier alpha value is -4.24. The van der Waals surface area contributed by atoms with Gasteiger partial charge in [-0.15, -0.1) is 0 Å². The fourth-order valence-corrected chi connectivity index (χ4v) is 5.05. The van der Waals surface area contributed by atoms with Crippen molar-refractivity contribution in [2.24, 2.45) is 10.2 Å². The maximum absolute atomic E-state index is 4.11. The third-order valence-corrected chi connectivity index (χ3v) is 6.79. The second kappa shape index (κ2) is 11.7. The highest BCUT2D eigenvalue weighted by Crippen LogP contribution is 2.37. The predicted molar refractivity (Wildman–Crippen MR) is 160 cm³/mol. The average Bonchev–Trinajstić information content (AvgIpc) is 3.07. The van der Waals surface area contributed by atoms with Gasteiger partial charge in [-0.3, -0.25) is 0 Å². The first-order chi connectivity index (χ1) is 18.2. The molecule has 0 spiro atoms. The SMILES string of the molecule is C=N/N=C(\C)Cc1cccc(C2=C(c3cc(-c4ccccc4)c(C4=CCCCC=C4)[nH]3)C=CCC=C2)c1. The number of hydrogen-bond donors (Lipinski definition) is 1. The van der Waals surface area contributed by atoms with Crippen LogP contribution in [0.5, 0.6) is 0 Å². The molecular formula is C34H33N3. The summed E-state index contributed by atoms with van der Waals surface area (Å²) in [7, 11) is 0. The Kier molecular flexibility index (Phi) is 7.71. The summed E-state index contributed by atoms with van der Waals surface area (Å²) in [5, 5.41) is 7.79. The fraction of sp³-hybridized carbons (Fsp3) is 0.176. The van der Waals surface area contributed by atoms with Crippen LogP contribution in [0.25, 0.3) is 27.8 Å². The Morgan fingerprint density at radius 2 is 1.68 bits per heavy atom. The van der Waals surface area contributed by atoms with E-state index in [4.69, 9.17) is 0 Å². The lowest BCUT2D eigenvalue weighted by Crippen LogP contribution is -1.98. The molecule has 0 unspecified atom stereocenters. The van der Waals surface area contributed by atoms with Gasteiger partial charge >= 0.3 is 0 Å². The van der Waals surface area contributed by atoms with E-state index in [1.807, 2.05) is 6.92 Å². The van der Waals surface area contributed by atoms with Gasteiger partial charge in [0.25, 0.3) is 0 Å². The zero-order valence-electron chi connectivity index (χ0n) is 21.5.